The summed E-state index contributed by atoms with van der Waals surface area (Å²) in [7, 11) is -0.710. The lowest BCUT2D eigenvalue weighted by molar-refractivity contribution is -0.137. The number of halogens is 1. The molecule has 0 saturated carbocycles. The Hall–Kier alpha value is -1.47. The van der Waals surface area contributed by atoms with E-state index >= 15 is 0 Å². The van der Waals surface area contributed by atoms with E-state index < -0.39 is 36.1 Å². The van der Waals surface area contributed by atoms with Gasteiger partial charge in [0.1, 0.15) is 0 Å². The molecule has 2 rings (SSSR count). The van der Waals surface area contributed by atoms with Gasteiger partial charge in [0.15, 0.2) is 0 Å². The second-order valence-corrected chi connectivity index (χ2v) is 6.24. The summed E-state index contributed by atoms with van der Waals surface area (Å²) >= 11 is 0. The third kappa shape index (κ3) is 3.24. The zero-order valence-corrected chi connectivity index (χ0v) is 12.6. The van der Waals surface area contributed by atoms with Crippen LogP contribution in [0.2, 0.25) is 0 Å². The summed E-state index contributed by atoms with van der Waals surface area (Å²) in [5.41, 5.74) is -0.527. The molecule has 0 aliphatic carbocycles. The predicted molar refractivity (Wildman–Crippen MR) is 75.3 cm³/mol. The lowest BCUT2D eigenvalue weighted by Crippen LogP contribution is -2.41. The minimum Gasteiger partial charge on any atom is -0.481 e. The first kappa shape index (κ1) is 15.9. The van der Waals surface area contributed by atoms with Crippen LogP contribution in [0.3, 0.4) is 0 Å². The van der Waals surface area contributed by atoms with Crippen molar-refractivity contribution < 1.29 is 23.6 Å². The zero-order valence-electron chi connectivity index (χ0n) is 12.6. The molecule has 1 fully saturated rings. The third-order valence-corrected chi connectivity index (χ3v) is 4.17. The van der Waals surface area contributed by atoms with Gasteiger partial charge in [-0.25, -0.2) is 4.98 Å². The molecule has 1 N–H and O–H groups in total. The smallest absolute Gasteiger partial charge is 0.466 e. The maximum absolute atomic E-state index is 12.9. The first-order valence-corrected chi connectivity index (χ1v) is 6.81. The molecule has 1 aromatic rings. The van der Waals surface area contributed by atoms with E-state index in [4.69, 9.17) is 14.4 Å². The first-order chi connectivity index (χ1) is 9.62. The average Bonchev–Trinajstić information content (AvgIpc) is 2.56. The van der Waals surface area contributed by atoms with Crippen LogP contribution < -0.4 is 0 Å². The van der Waals surface area contributed by atoms with Crippen molar-refractivity contribution in [1.82, 2.24) is 4.98 Å². The van der Waals surface area contributed by atoms with E-state index in [0.717, 1.165) is 0 Å². The largest absolute Gasteiger partial charge is 0.481 e. The number of carboxylic acid groups (broad SMARTS) is 1. The molecule has 1 aromatic heterocycles. The Kier molecular flexibility index (Phi) is 4.08. The Morgan fingerprint density at radius 2 is 1.90 bits per heavy atom. The van der Waals surface area contributed by atoms with Crippen LogP contribution in [-0.4, -0.2) is 34.4 Å². The minimum absolute atomic E-state index is 0.176. The molecule has 1 unspecified atom stereocenters. The second kappa shape index (κ2) is 5.38. The Labute approximate surface area is 123 Å². The predicted octanol–water partition coefficient (Wildman–Crippen LogP) is 2.41. The minimum atomic E-state index is -0.973. The third-order valence-electron chi connectivity index (χ3n) is 4.17. The fourth-order valence-corrected chi connectivity index (χ4v) is 2.22. The van der Waals surface area contributed by atoms with E-state index in [-0.39, 0.29) is 6.42 Å². The van der Waals surface area contributed by atoms with Crippen molar-refractivity contribution in [1.29, 1.82) is 0 Å². The highest BCUT2D eigenvalue weighted by molar-refractivity contribution is 6.48. The number of aliphatic carboxylic acids is 1. The number of nitrogens with zero attached hydrogens (tertiary/aromatic N) is 1. The van der Waals surface area contributed by atoms with Crippen molar-refractivity contribution in [2.24, 2.45) is 0 Å². The summed E-state index contributed by atoms with van der Waals surface area (Å²) in [6, 6.07) is 2.72. The van der Waals surface area contributed by atoms with Crippen LogP contribution in [0.5, 0.6) is 0 Å². The number of carbonyl (C=O) groups is 1. The van der Waals surface area contributed by atoms with Gasteiger partial charge in [-0.1, -0.05) is 6.07 Å². The molecule has 21 heavy (non-hydrogen) atoms. The molecule has 114 valence electrons. The number of hydrogen-bond donors (Lipinski definition) is 1. The molecular formula is C14H19BFNO4. The van der Waals surface area contributed by atoms with Gasteiger partial charge in [-0.15, -0.1) is 0 Å². The zero-order chi connectivity index (χ0) is 15.8. The number of aromatic nitrogens is 1. The monoisotopic (exact) mass is 295 g/mol. The van der Waals surface area contributed by atoms with Crippen molar-refractivity contribution >= 4 is 13.1 Å². The Morgan fingerprint density at radius 3 is 2.33 bits per heavy atom. The molecule has 0 spiro atoms. The number of hydrogen-bond acceptors (Lipinski definition) is 4. The fraction of sp³-hybridized carbons (Fsp3) is 0.571. The molecule has 7 heteroatoms. The maximum Gasteiger partial charge on any atom is 0.466 e. The standard InChI is InChI=1S/C14H19BFNO4/c1-13(2)14(3,4)21-15(20-13)10(7-12(18)19)9-5-6-11(16)17-8-9/h5-6,8,10H,7H2,1-4H3,(H,18,19). The van der Waals surface area contributed by atoms with E-state index in [9.17, 15) is 9.18 Å². The van der Waals surface area contributed by atoms with Crippen molar-refractivity contribution in [2.75, 3.05) is 0 Å². The van der Waals surface area contributed by atoms with E-state index in [0.29, 0.717) is 5.56 Å². The molecule has 0 radical (unpaired) electrons. The van der Waals surface area contributed by atoms with Crippen LogP contribution in [0.1, 0.15) is 45.5 Å². The average molecular weight is 295 g/mol. The van der Waals surface area contributed by atoms with Crippen molar-refractivity contribution in [3.63, 3.8) is 0 Å². The van der Waals surface area contributed by atoms with Crippen LogP contribution >= 0.6 is 0 Å². The molecule has 1 atom stereocenters. The van der Waals surface area contributed by atoms with E-state index in [1.165, 1.54) is 18.3 Å². The summed E-state index contributed by atoms with van der Waals surface area (Å²) in [5, 5.41) is 9.11. The first-order valence-electron chi connectivity index (χ1n) is 6.81. The van der Waals surface area contributed by atoms with E-state index in [1.54, 1.807) is 0 Å². The van der Waals surface area contributed by atoms with Crippen LogP contribution in [0.25, 0.3) is 0 Å². The summed E-state index contributed by atoms with van der Waals surface area (Å²) in [5.74, 6) is -2.13. The Bertz CT molecular complexity index is 516. The lowest BCUT2D eigenvalue weighted by atomic mass is 9.66. The van der Waals surface area contributed by atoms with Gasteiger partial charge in [0.05, 0.1) is 17.6 Å². The van der Waals surface area contributed by atoms with Crippen LogP contribution in [0.15, 0.2) is 18.3 Å². The molecule has 5 nitrogen and oxygen atoms in total. The second-order valence-electron chi connectivity index (χ2n) is 6.24. The molecule has 0 aromatic carbocycles. The summed E-state index contributed by atoms with van der Waals surface area (Å²) in [6.07, 6.45) is 1.15. The van der Waals surface area contributed by atoms with Gasteiger partial charge in [0.25, 0.3) is 0 Å². The van der Waals surface area contributed by atoms with Gasteiger partial charge in [0, 0.05) is 12.0 Å². The van der Waals surface area contributed by atoms with Crippen molar-refractivity contribution in [3.05, 3.63) is 29.8 Å². The summed E-state index contributed by atoms with van der Waals surface area (Å²) < 4.78 is 24.8. The van der Waals surface area contributed by atoms with Crippen LogP contribution in [0.4, 0.5) is 4.39 Å². The van der Waals surface area contributed by atoms with Gasteiger partial charge in [0.2, 0.25) is 5.95 Å². The van der Waals surface area contributed by atoms with Gasteiger partial charge in [-0.2, -0.15) is 4.39 Å². The quantitative estimate of drug-likeness (QED) is 0.682. The molecule has 1 saturated heterocycles. The van der Waals surface area contributed by atoms with Gasteiger partial charge >= 0.3 is 13.1 Å². The number of pyridine rings is 1. The van der Waals surface area contributed by atoms with Crippen molar-refractivity contribution in [3.8, 4) is 0 Å². The number of rotatable bonds is 4. The molecule has 0 amide bonds. The molecule has 0 bridgehead atoms. The van der Waals surface area contributed by atoms with Crippen LogP contribution in [0, 0.1) is 5.95 Å². The van der Waals surface area contributed by atoms with E-state index in [2.05, 4.69) is 4.98 Å². The molecule has 1 aliphatic rings. The highest BCUT2D eigenvalue weighted by atomic mass is 19.1. The normalized spacial score (nSPS) is 21.3. The van der Waals surface area contributed by atoms with Crippen LogP contribution in [-0.2, 0) is 14.1 Å². The maximum atomic E-state index is 12.9. The lowest BCUT2D eigenvalue weighted by Gasteiger charge is -2.32. The SMILES string of the molecule is CC1(C)OB(C(CC(=O)O)c2ccc(F)nc2)OC1(C)C. The number of carboxylic acids is 1. The topological polar surface area (TPSA) is 68.7 Å². The Morgan fingerprint density at radius 1 is 1.33 bits per heavy atom. The highest BCUT2D eigenvalue weighted by Crippen LogP contribution is 2.41. The Balaban J connectivity index is 2.30. The fourth-order valence-electron chi connectivity index (χ4n) is 2.22. The van der Waals surface area contributed by atoms with Gasteiger partial charge in [-0.3, -0.25) is 4.79 Å². The van der Waals surface area contributed by atoms with E-state index in [1.807, 2.05) is 27.7 Å². The molecule has 1 aliphatic heterocycles. The summed E-state index contributed by atoms with van der Waals surface area (Å²) in [6.45, 7) is 7.59. The highest BCUT2D eigenvalue weighted by Gasteiger charge is 2.54. The summed E-state index contributed by atoms with van der Waals surface area (Å²) in [4.78, 5) is 14.7. The van der Waals surface area contributed by atoms with Crippen molar-refractivity contribution in [2.45, 2.75) is 51.1 Å². The molecule has 2 heterocycles. The van der Waals surface area contributed by atoms with Gasteiger partial charge in [-0.05, 0) is 39.3 Å². The van der Waals surface area contributed by atoms with Gasteiger partial charge < -0.3 is 14.4 Å². The molecular weight excluding hydrogens is 276 g/mol.